The van der Waals surface area contributed by atoms with Crippen LogP contribution in [0.4, 0.5) is 0 Å². The van der Waals surface area contributed by atoms with E-state index < -0.39 is 35.3 Å². The van der Waals surface area contributed by atoms with E-state index >= 15 is 0 Å². The zero-order valence-electron chi connectivity index (χ0n) is 47.6. The zero-order chi connectivity index (χ0) is 58.0. The molecular weight excluding hydrogens is 1220 g/mol. The normalized spacial score (nSPS) is 21.8. The fourth-order valence-corrected chi connectivity index (χ4v) is 12.9. The molecule has 4 saturated carbocycles. The summed E-state index contributed by atoms with van der Waals surface area (Å²) in [5.41, 5.74) is 3.00. The number of carboxylic acids is 4. The van der Waals surface area contributed by atoms with Crippen LogP contribution in [0.15, 0.2) is 48.7 Å². The third kappa shape index (κ3) is 15.9. The molecule has 2 aromatic carbocycles. The second-order valence-electron chi connectivity index (χ2n) is 22.7. The number of aromatic nitrogens is 5. The van der Waals surface area contributed by atoms with Crippen molar-refractivity contribution >= 4 is 35.7 Å². The summed E-state index contributed by atoms with van der Waals surface area (Å²) in [6.45, 7) is 8.60. The smallest absolute Gasteiger partial charge is 0.330 e. The van der Waals surface area contributed by atoms with Crippen LogP contribution in [0, 0.1) is 60.5 Å². The molecule has 0 unspecified atom stereocenters. The van der Waals surface area contributed by atoms with E-state index in [1.807, 2.05) is 53.2 Å². The average Bonchev–Trinajstić information content (AvgIpc) is 2.58. The van der Waals surface area contributed by atoms with Gasteiger partial charge in [0, 0.05) is 108 Å². The molecule has 2 aromatic heterocycles. The van der Waals surface area contributed by atoms with Crippen molar-refractivity contribution in [3.05, 3.63) is 59.9 Å². The van der Waals surface area contributed by atoms with Crippen LogP contribution < -0.4 is 20.1 Å². The third-order valence-electron chi connectivity index (χ3n) is 16.8. The molecule has 1 aliphatic heterocycles. The van der Waals surface area contributed by atoms with Crippen LogP contribution in [0.25, 0.3) is 28.2 Å². The molecule has 4 aromatic rings. The summed E-state index contributed by atoms with van der Waals surface area (Å²) in [5, 5.41) is 59.4. The Labute approximate surface area is 507 Å². The number of benzene rings is 2. The number of carbonyl (C=O) groups is 6. The fraction of sp³-hybridized carbons (Fsp3) is 0.596. The molecule has 5 fully saturated rings. The molecule has 455 valence electrons. The van der Waals surface area contributed by atoms with E-state index in [1.54, 1.807) is 39.7 Å². The average molecular weight is 1300 g/mol. The van der Waals surface area contributed by atoms with E-state index in [2.05, 4.69) is 45.8 Å². The van der Waals surface area contributed by atoms with Crippen LogP contribution in [0.2, 0.25) is 0 Å². The minimum absolute atomic E-state index is 0. The topological polar surface area (TPSA) is 291 Å². The molecule has 25 heteroatoms. The van der Waals surface area contributed by atoms with Crippen molar-refractivity contribution in [2.45, 2.75) is 76.8 Å². The van der Waals surface area contributed by atoms with Gasteiger partial charge in [-0.05, 0) is 131 Å². The summed E-state index contributed by atoms with van der Waals surface area (Å²) in [6.07, 6.45) is 7.74. The Morgan fingerprint density at radius 1 is 0.720 bits per heavy atom. The van der Waals surface area contributed by atoms with Gasteiger partial charge in [-0.2, -0.15) is 5.10 Å². The van der Waals surface area contributed by atoms with E-state index in [9.17, 15) is 49.2 Å². The summed E-state index contributed by atoms with van der Waals surface area (Å²) in [6, 6.07) is 13.1. The Hall–Kier alpha value is -5.76. The van der Waals surface area contributed by atoms with Crippen LogP contribution >= 0.6 is 0 Å². The van der Waals surface area contributed by atoms with Gasteiger partial charge in [-0.1, -0.05) is 31.2 Å². The first kappa shape index (κ1) is 63.8. The summed E-state index contributed by atoms with van der Waals surface area (Å²) in [7, 11) is 5.16. The number of aliphatic carboxylic acids is 4. The Balaban J connectivity index is 0.00000968. The number of hydrogen-bond acceptors (Lipinski definition) is 16. The van der Waals surface area contributed by atoms with E-state index in [-0.39, 0.29) is 92.4 Å². The van der Waals surface area contributed by atoms with Crippen LogP contribution in [0.3, 0.4) is 0 Å². The van der Waals surface area contributed by atoms with Gasteiger partial charge in [-0.25, -0.2) is 9.48 Å². The molecule has 6 N–H and O–H groups in total. The predicted molar refractivity (Wildman–Crippen MR) is 298 cm³/mol. The van der Waals surface area contributed by atoms with Gasteiger partial charge in [0.1, 0.15) is 22.7 Å². The number of ether oxygens (including phenoxy) is 2. The van der Waals surface area contributed by atoms with Crippen LogP contribution in [0.1, 0.15) is 80.8 Å². The van der Waals surface area contributed by atoms with E-state index in [0.29, 0.717) is 118 Å². The minimum Gasteiger partial charge on any atom is -0.496 e. The maximum absolute atomic E-state index is 14.5. The van der Waals surface area contributed by atoms with Gasteiger partial charge in [-0.15, -0.1) is 5.10 Å². The molecule has 4 aliphatic carbocycles. The summed E-state index contributed by atoms with van der Waals surface area (Å²) in [4.78, 5) is 85.1. The molecule has 3 heterocycles. The Morgan fingerprint density at radius 2 is 1.24 bits per heavy atom. The first-order chi connectivity index (χ1) is 38.8. The quantitative estimate of drug-likeness (QED) is 0.0519. The maximum Gasteiger partial charge on any atom is 0.330 e. The number of rotatable bonds is 25. The molecule has 24 nitrogen and oxygen atoms in total. The molecule has 4 bridgehead atoms. The summed E-state index contributed by atoms with van der Waals surface area (Å²) < 4.78 is 15.3. The van der Waals surface area contributed by atoms with Crippen molar-refractivity contribution in [2.24, 2.45) is 23.7 Å². The number of methoxy groups -OCH3 is 2. The van der Waals surface area contributed by atoms with Crippen molar-refractivity contribution in [1.29, 1.82) is 0 Å². The number of aryl methyl sites for hydroxylation is 1. The van der Waals surface area contributed by atoms with Gasteiger partial charge >= 0.3 is 23.9 Å². The largest absolute Gasteiger partial charge is 0.496 e. The summed E-state index contributed by atoms with van der Waals surface area (Å²) >= 11 is 0. The molecule has 1 radical (unpaired) electrons. The zero-order valence-corrected chi connectivity index (χ0v) is 49.2. The molecule has 2 amide bonds. The Kier molecular flexibility index (Phi) is 22.7. The van der Waals surface area contributed by atoms with Gasteiger partial charge in [0.05, 0.1) is 63.5 Å². The van der Waals surface area contributed by atoms with Crippen molar-refractivity contribution < 1.29 is 95.5 Å². The van der Waals surface area contributed by atoms with Gasteiger partial charge in [0.15, 0.2) is 5.69 Å². The number of nitrogens with zero attached hydrogens (tertiary/aromatic N) is 10. The predicted octanol–water partition coefficient (Wildman–Crippen LogP) is 3.25. The SMILES string of the molecule is COc1cccc(OC)c1-c1cc(C(=O)NC2(C(=O)O)C3CC4CC(C3)CC2C4)nn1-c1ccc(-c2cn(CCCN(C)CCCNC(=O)CN3CCN(CC(=O)O)CCN(CC(=O)O)CCN(CC(=O)O)CC3)nn2)cc1C(C)C.[Lu]. The second kappa shape index (κ2) is 29.2. The minimum atomic E-state index is -1.36. The van der Waals surface area contributed by atoms with Gasteiger partial charge in [0.2, 0.25) is 5.91 Å². The molecular formula is C57H80LuN12O12. The summed E-state index contributed by atoms with van der Waals surface area (Å²) in [5.74, 6) is -3.01. The molecule has 1 saturated heterocycles. The van der Waals surface area contributed by atoms with Crippen molar-refractivity contribution in [1.82, 2.24) is 59.9 Å². The van der Waals surface area contributed by atoms with E-state index in [1.165, 1.54) is 0 Å². The van der Waals surface area contributed by atoms with Gasteiger partial charge in [-0.3, -0.25) is 48.3 Å². The number of carbonyl (C=O) groups excluding carboxylic acids is 2. The number of amides is 2. The van der Waals surface area contributed by atoms with E-state index in [0.717, 1.165) is 62.7 Å². The molecule has 0 atom stereocenters. The number of nitrogens with one attached hydrogen (secondary N) is 2. The van der Waals surface area contributed by atoms with Crippen LogP contribution in [0.5, 0.6) is 11.5 Å². The van der Waals surface area contributed by atoms with Crippen LogP contribution in [-0.2, 0) is 30.5 Å². The van der Waals surface area contributed by atoms with Crippen molar-refractivity contribution in [2.75, 3.05) is 119 Å². The number of carboxylic acid groups (broad SMARTS) is 4. The molecule has 5 aliphatic rings. The molecule has 82 heavy (non-hydrogen) atoms. The second-order valence-corrected chi connectivity index (χ2v) is 22.7. The van der Waals surface area contributed by atoms with Gasteiger partial charge in [0.25, 0.3) is 5.91 Å². The van der Waals surface area contributed by atoms with Crippen molar-refractivity contribution in [3.63, 3.8) is 0 Å². The molecule has 0 spiro atoms. The standard InChI is InChI=1S/C57H80N12O12.Lu/c1-37(2)43-30-40(11-12-46(43)69-47(54-48(80-4)9-6-10-49(54)81-5)31-44(61-69)55(77)59-57(56(78)79)41-26-38-25-39(28-41)29-42(57)27-38)45-32-68(62-60-45)16-8-15-63(3)14-7-13-58-50(70)33-64-17-19-65(34-51(71)72)21-23-67(36-53(75)76)24-22-66(20-18-64)35-52(73)74;/h6,9-12,30-32,37-39,41-42H,7-8,13-29,33-36H2,1-5H3,(H,58,70)(H,59,77)(H,71,72)(H,73,74)(H,75,76)(H,78,79);. The van der Waals surface area contributed by atoms with Crippen molar-refractivity contribution in [3.8, 4) is 39.7 Å². The van der Waals surface area contributed by atoms with Gasteiger partial charge < -0.3 is 45.4 Å². The van der Waals surface area contributed by atoms with Crippen LogP contribution in [-0.4, -0.2) is 230 Å². The third-order valence-corrected chi connectivity index (χ3v) is 16.8. The fourth-order valence-electron chi connectivity index (χ4n) is 12.9. The van der Waals surface area contributed by atoms with E-state index in [4.69, 9.17) is 14.6 Å². The Bertz CT molecular complexity index is 2800. The first-order valence-electron chi connectivity index (χ1n) is 28.3. The monoisotopic (exact) mass is 1300 g/mol. The number of hydrogen-bond donors (Lipinski definition) is 6. The molecule has 9 rings (SSSR count). The maximum atomic E-state index is 14.5. The Morgan fingerprint density at radius 3 is 1.74 bits per heavy atom. The first-order valence-corrected chi connectivity index (χ1v) is 28.3.